The van der Waals surface area contributed by atoms with Crippen molar-refractivity contribution in [3.8, 4) is 5.75 Å². The van der Waals surface area contributed by atoms with E-state index in [1.165, 1.54) is 12.8 Å². The standard InChI is InChI=1S/C19H25N3O2/c1-2-3-8-16-9-7-12-22(16)19(23)18-13-15(20-21-18)14-24-17-10-5-4-6-11-17/h4-6,10-11,13,16H,2-3,7-9,12,14H2,1H3,(H,20,21)/t16-/m1/s1. The Morgan fingerprint density at radius 3 is 3.00 bits per heavy atom. The van der Waals surface area contributed by atoms with Crippen molar-refractivity contribution >= 4 is 5.91 Å². The van der Waals surface area contributed by atoms with Gasteiger partial charge in [0, 0.05) is 12.6 Å². The minimum atomic E-state index is 0.0378. The molecule has 1 aromatic carbocycles. The number of unbranched alkanes of at least 4 members (excludes halogenated alkanes) is 1. The predicted molar refractivity (Wildman–Crippen MR) is 92.9 cm³/mol. The first kappa shape index (κ1) is 16.6. The Balaban J connectivity index is 1.59. The van der Waals surface area contributed by atoms with Crippen LogP contribution in [-0.2, 0) is 6.61 Å². The predicted octanol–water partition coefficient (Wildman–Crippen LogP) is 3.78. The van der Waals surface area contributed by atoms with Crippen LogP contribution < -0.4 is 4.74 Å². The molecular formula is C19H25N3O2. The Morgan fingerprint density at radius 2 is 2.21 bits per heavy atom. The molecule has 0 saturated carbocycles. The zero-order chi connectivity index (χ0) is 16.8. The monoisotopic (exact) mass is 327 g/mol. The third-order valence-electron chi connectivity index (χ3n) is 4.52. The van der Waals surface area contributed by atoms with Gasteiger partial charge in [0.1, 0.15) is 12.4 Å². The van der Waals surface area contributed by atoms with Gasteiger partial charge in [0.05, 0.1) is 5.69 Å². The van der Waals surface area contributed by atoms with Crippen molar-refractivity contribution in [1.82, 2.24) is 15.1 Å². The summed E-state index contributed by atoms with van der Waals surface area (Å²) in [6.07, 6.45) is 5.64. The van der Waals surface area contributed by atoms with Gasteiger partial charge < -0.3 is 9.64 Å². The number of hydrogen-bond acceptors (Lipinski definition) is 3. The van der Waals surface area contributed by atoms with Crippen molar-refractivity contribution in [3.63, 3.8) is 0 Å². The van der Waals surface area contributed by atoms with Crippen LogP contribution in [0.3, 0.4) is 0 Å². The number of para-hydroxylation sites is 1. The molecule has 24 heavy (non-hydrogen) atoms. The maximum Gasteiger partial charge on any atom is 0.274 e. The van der Waals surface area contributed by atoms with Gasteiger partial charge in [0.15, 0.2) is 5.69 Å². The number of rotatable bonds is 7. The van der Waals surface area contributed by atoms with Gasteiger partial charge in [-0.2, -0.15) is 5.10 Å². The molecule has 1 N–H and O–H groups in total. The van der Waals surface area contributed by atoms with Crippen LogP contribution in [0.1, 0.15) is 55.2 Å². The summed E-state index contributed by atoms with van der Waals surface area (Å²) in [7, 11) is 0. The summed E-state index contributed by atoms with van der Waals surface area (Å²) >= 11 is 0. The van der Waals surface area contributed by atoms with E-state index in [2.05, 4.69) is 17.1 Å². The molecule has 2 aromatic rings. The van der Waals surface area contributed by atoms with E-state index < -0.39 is 0 Å². The van der Waals surface area contributed by atoms with Crippen LogP contribution in [0.5, 0.6) is 5.75 Å². The molecule has 128 valence electrons. The van der Waals surface area contributed by atoms with Gasteiger partial charge in [-0.25, -0.2) is 0 Å². The number of aromatic nitrogens is 2. The summed E-state index contributed by atoms with van der Waals surface area (Å²) in [5.41, 5.74) is 1.30. The summed E-state index contributed by atoms with van der Waals surface area (Å²) in [5.74, 6) is 0.843. The van der Waals surface area contributed by atoms with Crippen LogP contribution in [-0.4, -0.2) is 33.6 Å². The van der Waals surface area contributed by atoms with Crippen molar-refractivity contribution in [2.45, 2.75) is 51.7 Å². The molecule has 0 spiro atoms. The van der Waals surface area contributed by atoms with Gasteiger partial charge in [0.2, 0.25) is 0 Å². The normalized spacial score (nSPS) is 17.2. The molecule has 0 bridgehead atoms. The SMILES string of the molecule is CCCC[C@@H]1CCCN1C(=O)c1cc(COc2ccccc2)[nH]n1. The summed E-state index contributed by atoms with van der Waals surface area (Å²) < 4.78 is 5.69. The minimum Gasteiger partial charge on any atom is -0.487 e. The maximum absolute atomic E-state index is 12.7. The zero-order valence-electron chi connectivity index (χ0n) is 14.2. The molecule has 3 rings (SSSR count). The summed E-state index contributed by atoms with van der Waals surface area (Å²) in [4.78, 5) is 14.7. The number of nitrogens with zero attached hydrogens (tertiary/aromatic N) is 2. The highest BCUT2D eigenvalue weighted by molar-refractivity contribution is 5.92. The second kappa shape index (κ2) is 7.99. The van der Waals surface area contributed by atoms with E-state index in [1.54, 1.807) is 6.07 Å². The summed E-state index contributed by atoms with van der Waals surface area (Å²) in [6.45, 7) is 3.41. The molecule has 5 heteroatoms. The first-order valence-electron chi connectivity index (χ1n) is 8.81. The van der Waals surface area contributed by atoms with Gasteiger partial charge in [-0.05, 0) is 37.5 Å². The minimum absolute atomic E-state index is 0.0378. The summed E-state index contributed by atoms with van der Waals surface area (Å²) in [5, 5.41) is 7.11. The van der Waals surface area contributed by atoms with E-state index in [-0.39, 0.29) is 5.91 Å². The van der Waals surface area contributed by atoms with E-state index in [0.29, 0.717) is 18.3 Å². The van der Waals surface area contributed by atoms with Crippen LogP contribution in [0.25, 0.3) is 0 Å². The van der Waals surface area contributed by atoms with E-state index in [1.807, 2.05) is 35.2 Å². The van der Waals surface area contributed by atoms with Crippen LogP contribution in [0.4, 0.5) is 0 Å². The first-order chi connectivity index (χ1) is 11.8. The molecule has 5 nitrogen and oxygen atoms in total. The number of nitrogens with one attached hydrogen (secondary N) is 1. The Morgan fingerprint density at radius 1 is 1.38 bits per heavy atom. The largest absolute Gasteiger partial charge is 0.487 e. The first-order valence-corrected chi connectivity index (χ1v) is 8.81. The Labute approximate surface area is 143 Å². The maximum atomic E-state index is 12.7. The van der Waals surface area contributed by atoms with Crippen molar-refractivity contribution < 1.29 is 9.53 Å². The van der Waals surface area contributed by atoms with Gasteiger partial charge in [0.25, 0.3) is 5.91 Å². The number of carbonyl (C=O) groups excluding carboxylic acids is 1. The molecule has 1 aliphatic heterocycles. The molecule has 0 radical (unpaired) electrons. The molecule has 1 amide bonds. The molecule has 1 atom stereocenters. The van der Waals surface area contributed by atoms with Crippen molar-refractivity contribution in [3.05, 3.63) is 47.8 Å². The van der Waals surface area contributed by atoms with Gasteiger partial charge in [-0.3, -0.25) is 9.89 Å². The lowest BCUT2D eigenvalue weighted by Crippen LogP contribution is -2.35. The fraction of sp³-hybridized carbons (Fsp3) is 0.474. The number of aromatic amines is 1. The number of carbonyl (C=O) groups is 1. The second-order valence-electron chi connectivity index (χ2n) is 6.32. The molecule has 1 saturated heterocycles. The lowest BCUT2D eigenvalue weighted by molar-refractivity contribution is 0.0723. The number of likely N-dealkylation sites (tertiary alicyclic amines) is 1. The molecule has 1 aromatic heterocycles. The third kappa shape index (κ3) is 3.96. The molecule has 1 aliphatic rings. The fourth-order valence-electron chi connectivity index (χ4n) is 3.21. The molecular weight excluding hydrogens is 302 g/mol. The fourth-order valence-corrected chi connectivity index (χ4v) is 3.21. The second-order valence-corrected chi connectivity index (χ2v) is 6.32. The quantitative estimate of drug-likeness (QED) is 0.842. The molecule has 1 fully saturated rings. The van der Waals surface area contributed by atoms with Gasteiger partial charge in [-0.1, -0.05) is 38.0 Å². The van der Waals surface area contributed by atoms with Crippen molar-refractivity contribution in [1.29, 1.82) is 0 Å². The third-order valence-corrected chi connectivity index (χ3v) is 4.52. The number of hydrogen-bond donors (Lipinski definition) is 1. The average Bonchev–Trinajstić information content (AvgIpc) is 3.28. The lowest BCUT2D eigenvalue weighted by atomic mass is 10.1. The van der Waals surface area contributed by atoms with Crippen molar-refractivity contribution in [2.24, 2.45) is 0 Å². The highest BCUT2D eigenvalue weighted by atomic mass is 16.5. The van der Waals surface area contributed by atoms with Crippen LogP contribution in [0, 0.1) is 0 Å². The zero-order valence-corrected chi connectivity index (χ0v) is 14.2. The number of ether oxygens (including phenoxy) is 1. The molecule has 2 heterocycles. The highest BCUT2D eigenvalue weighted by Gasteiger charge is 2.30. The molecule has 0 unspecified atom stereocenters. The van der Waals surface area contributed by atoms with Gasteiger partial charge in [-0.15, -0.1) is 0 Å². The van der Waals surface area contributed by atoms with Crippen LogP contribution in [0.2, 0.25) is 0 Å². The van der Waals surface area contributed by atoms with Gasteiger partial charge >= 0.3 is 0 Å². The van der Waals surface area contributed by atoms with E-state index in [0.717, 1.165) is 37.3 Å². The lowest BCUT2D eigenvalue weighted by Gasteiger charge is -2.23. The average molecular weight is 327 g/mol. The van der Waals surface area contributed by atoms with Crippen LogP contribution >= 0.6 is 0 Å². The number of amides is 1. The Kier molecular flexibility index (Phi) is 5.51. The Bertz CT molecular complexity index is 654. The molecule has 0 aliphatic carbocycles. The Hall–Kier alpha value is -2.30. The van der Waals surface area contributed by atoms with E-state index >= 15 is 0 Å². The van der Waals surface area contributed by atoms with E-state index in [9.17, 15) is 4.79 Å². The topological polar surface area (TPSA) is 58.2 Å². The van der Waals surface area contributed by atoms with Crippen molar-refractivity contribution in [2.75, 3.05) is 6.54 Å². The highest BCUT2D eigenvalue weighted by Crippen LogP contribution is 2.24. The number of benzene rings is 1. The van der Waals surface area contributed by atoms with Crippen LogP contribution in [0.15, 0.2) is 36.4 Å². The smallest absolute Gasteiger partial charge is 0.274 e. The summed E-state index contributed by atoms with van der Waals surface area (Å²) in [6, 6.07) is 11.8. The van der Waals surface area contributed by atoms with E-state index in [4.69, 9.17) is 4.74 Å². The number of H-pyrrole nitrogens is 1.